The van der Waals surface area contributed by atoms with Gasteiger partial charge in [0.15, 0.2) is 6.10 Å². The Morgan fingerprint density at radius 3 is 2.68 bits per heavy atom. The van der Waals surface area contributed by atoms with E-state index in [4.69, 9.17) is 21.4 Å². The Bertz CT molecular complexity index is 1550. The lowest BCUT2D eigenvalue weighted by Gasteiger charge is -2.31. The van der Waals surface area contributed by atoms with Crippen molar-refractivity contribution in [2.75, 3.05) is 13.1 Å². The van der Waals surface area contributed by atoms with Crippen LogP contribution in [-0.4, -0.2) is 44.1 Å². The molecule has 2 aromatic carbocycles. The van der Waals surface area contributed by atoms with Crippen molar-refractivity contribution in [3.63, 3.8) is 0 Å². The van der Waals surface area contributed by atoms with Crippen LogP contribution < -0.4 is 0 Å². The molecule has 1 saturated heterocycles. The number of likely N-dealkylation sites (tertiary alicyclic amines) is 1. The number of oxime groups is 1. The number of halogens is 4. The van der Waals surface area contributed by atoms with Crippen molar-refractivity contribution in [1.82, 2.24) is 19.4 Å². The molecule has 2 aromatic heterocycles. The second kappa shape index (κ2) is 10.3. The van der Waals surface area contributed by atoms with Crippen LogP contribution in [0.3, 0.4) is 0 Å². The molecule has 0 saturated carbocycles. The molecule has 0 aliphatic carbocycles. The second-order valence-electron chi connectivity index (χ2n) is 9.30. The molecule has 4 heterocycles. The zero-order valence-corrected chi connectivity index (χ0v) is 23.1. The first-order chi connectivity index (χ1) is 18.4. The fourth-order valence-electron chi connectivity index (χ4n) is 4.94. The number of hydrogen-bond donors (Lipinski definition) is 0. The first-order valence-corrected chi connectivity index (χ1v) is 14.1. The van der Waals surface area contributed by atoms with E-state index in [9.17, 15) is 13.6 Å². The Kier molecular flexibility index (Phi) is 6.92. The van der Waals surface area contributed by atoms with E-state index in [1.807, 2.05) is 28.5 Å². The van der Waals surface area contributed by atoms with Crippen molar-refractivity contribution in [2.45, 2.75) is 37.8 Å². The summed E-state index contributed by atoms with van der Waals surface area (Å²) in [5.74, 6) is -1.08. The summed E-state index contributed by atoms with van der Waals surface area (Å²) in [6, 6.07) is 9.41. The summed E-state index contributed by atoms with van der Waals surface area (Å²) in [6.45, 7) is 1.37. The first kappa shape index (κ1) is 25.4. The summed E-state index contributed by atoms with van der Waals surface area (Å²) in [5.41, 5.74) is 2.67. The van der Waals surface area contributed by atoms with Crippen LogP contribution in [0.1, 0.15) is 47.5 Å². The smallest absolute Gasteiger partial charge is 0.242 e. The van der Waals surface area contributed by atoms with E-state index in [-0.39, 0.29) is 35.6 Å². The molecule has 4 aromatic rings. The Morgan fingerprint density at radius 1 is 1.16 bits per heavy atom. The van der Waals surface area contributed by atoms with Crippen LogP contribution in [0.15, 0.2) is 51.4 Å². The number of imidazole rings is 1. The molecule has 6 rings (SSSR count). The van der Waals surface area contributed by atoms with Gasteiger partial charge in [-0.2, -0.15) is 0 Å². The van der Waals surface area contributed by atoms with Gasteiger partial charge in [-0.3, -0.25) is 4.79 Å². The maximum atomic E-state index is 14.2. The molecule has 1 fully saturated rings. The highest BCUT2D eigenvalue weighted by molar-refractivity contribution is 9.10. The van der Waals surface area contributed by atoms with Gasteiger partial charge in [0.2, 0.25) is 11.2 Å². The Hall–Kier alpha value is -2.89. The van der Waals surface area contributed by atoms with Crippen LogP contribution in [0.5, 0.6) is 0 Å². The van der Waals surface area contributed by atoms with Crippen molar-refractivity contribution in [2.24, 2.45) is 5.16 Å². The number of carbonyl (C=O) groups excluding carboxylic acids is 1. The standard InChI is InChI=1S/C26H21BrClF2N5O2S/c27-15-4-5-21-19(10-15)32-26(28)35(21)12-23(36)34-8-6-14(7-9-34)25-31-20(13-38-25)18-11-22(37-33-18)24-16(29)2-1-3-17(24)30/h1-5,10,13-14,22H,6-9,11-12H2. The molecule has 12 heteroatoms. The SMILES string of the molecule is O=C(Cn1c(Cl)nc2cc(Br)ccc21)N1CCC(c2nc(C3=NOC(c4c(F)cccc4F)C3)cs2)CC1. The Morgan fingerprint density at radius 2 is 1.92 bits per heavy atom. The van der Waals surface area contributed by atoms with Gasteiger partial charge in [-0.05, 0) is 54.8 Å². The molecular weight excluding hydrogens is 600 g/mol. The summed E-state index contributed by atoms with van der Waals surface area (Å²) in [4.78, 5) is 29.4. The molecule has 2 aliphatic heterocycles. The molecule has 1 atom stereocenters. The molecular formula is C26H21BrClF2N5O2S. The number of carbonyl (C=O) groups is 1. The van der Waals surface area contributed by atoms with Crippen LogP contribution in [0.25, 0.3) is 11.0 Å². The molecule has 0 bridgehead atoms. The number of aromatic nitrogens is 3. The summed E-state index contributed by atoms with van der Waals surface area (Å²) < 4.78 is 30.9. The molecule has 1 unspecified atom stereocenters. The molecule has 2 aliphatic rings. The van der Waals surface area contributed by atoms with E-state index in [1.54, 1.807) is 4.57 Å². The lowest BCUT2D eigenvalue weighted by Crippen LogP contribution is -2.39. The number of fused-ring (bicyclic) bond motifs is 1. The third kappa shape index (κ3) is 4.83. The molecule has 0 N–H and O–H groups in total. The van der Waals surface area contributed by atoms with Gasteiger partial charge in [-0.15, -0.1) is 11.3 Å². The fraction of sp³-hybridized carbons (Fsp3) is 0.308. The molecule has 0 radical (unpaired) electrons. The van der Waals surface area contributed by atoms with E-state index in [0.717, 1.165) is 33.4 Å². The first-order valence-electron chi connectivity index (χ1n) is 12.1. The van der Waals surface area contributed by atoms with Crippen molar-refractivity contribution < 1.29 is 18.4 Å². The lowest BCUT2D eigenvalue weighted by atomic mass is 9.97. The zero-order chi connectivity index (χ0) is 26.4. The number of hydrogen-bond acceptors (Lipinski definition) is 6. The minimum absolute atomic E-state index is 0.00345. The molecule has 7 nitrogen and oxygen atoms in total. The fourth-order valence-corrected chi connectivity index (χ4v) is 6.54. The number of thiazole rings is 1. The van der Waals surface area contributed by atoms with E-state index < -0.39 is 17.7 Å². The van der Waals surface area contributed by atoms with Gasteiger partial charge in [0.1, 0.15) is 23.9 Å². The highest BCUT2D eigenvalue weighted by Crippen LogP contribution is 2.35. The number of nitrogens with zero attached hydrogens (tertiary/aromatic N) is 5. The lowest BCUT2D eigenvalue weighted by molar-refractivity contribution is -0.132. The third-order valence-electron chi connectivity index (χ3n) is 6.96. The van der Waals surface area contributed by atoms with E-state index in [0.29, 0.717) is 24.5 Å². The van der Waals surface area contributed by atoms with Gasteiger partial charge in [0.05, 0.1) is 27.3 Å². The summed E-state index contributed by atoms with van der Waals surface area (Å²) >= 11 is 11.3. The second-order valence-corrected chi connectivity index (χ2v) is 11.4. The highest BCUT2D eigenvalue weighted by atomic mass is 79.9. The van der Waals surface area contributed by atoms with Gasteiger partial charge >= 0.3 is 0 Å². The minimum Gasteiger partial charge on any atom is -0.387 e. The molecule has 1 amide bonds. The van der Waals surface area contributed by atoms with Crippen LogP contribution >= 0.6 is 38.9 Å². The average molecular weight is 621 g/mol. The Balaban J connectivity index is 1.07. The van der Waals surface area contributed by atoms with E-state index in [1.165, 1.54) is 29.5 Å². The highest BCUT2D eigenvalue weighted by Gasteiger charge is 2.31. The van der Waals surface area contributed by atoms with Crippen LogP contribution in [0, 0.1) is 11.6 Å². The van der Waals surface area contributed by atoms with Crippen LogP contribution in [0.4, 0.5) is 8.78 Å². The van der Waals surface area contributed by atoms with Crippen molar-refractivity contribution >= 4 is 61.5 Å². The van der Waals surface area contributed by atoms with Gasteiger partial charge in [0, 0.05) is 35.3 Å². The molecule has 38 heavy (non-hydrogen) atoms. The number of benzene rings is 2. The van der Waals surface area contributed by atoms with Crippen molar-refractivity contribution in [1.29, 1.82) is 0 Å². The monoisotopic (exact) mass is 619 g/mol. The third-order valence-corrected chi connectivity index (χ3v) is 8.75. The summed E-state index contributed by atoms with van der Waals surface area (Å²) in [5, 5.41) is 7.21. The van der Waals surface area contributed by atoms with Gasteiger partial charge in [-0.1, -0.05) is 27.2 Å². The molecule has 196 valence electrons. The van der Waals surface area contributed by atoms with Crippen LogP contribution in [0.2, 0.25) is 5.28 Å². The number of rotatable bonds is 5. The normalized spacial score (nSPS) is 18.2. The number of amides is 1. The average Bonchev–Trinajstić information content (AvgIpc) is 3.63. The zero-order valence-electron chi connectivity index (χ0n) is 19.9. The minimum atomic E-state index is -0.812. The van der Waals surface area contributed by atoms with Gasteiger partial charge in [-0.25, -0.2) is 18.7 Å². The summed E-state index contributed by atoms with van der Waals surface area (Å²) in [7, 11) is 0. The molecule has 0 spiro atoms. The largest absolute Gasteiger partial charge is 0.387 e. The van der Waals surface area contributed by atoms with Crippen molar-refractivity contribution in [3.05, 3.63) is 79.4 Å². The predicted molar refractivity (Wildman–Crippen MR) is 144 cm³/mol. The topological polar surface area (TPSA) is 72.6 Å². The Labute approximate surface area is 234 Å². The summed E-state index contributed by atoms with van der Waals surface area (Å²) in [6.07, 6.45) is 1.01. The van der Waals surface area contributed by atoms with Gasteiger partial charge in [0.25, 0.3) is 0 Å². The quantitative estimate of drug-likeness (QED) is 0.257. The van der Waals surface area contributed by atoms with Gasteiger partial charge < -0.3 is 14.3 Å². The maximum absolute atomic E-state index is 14.2. The van der Waals surface area contributed by atoms with Crippen molar-refractivity contribution in [3.8, 4) is 0 Å². The van der Waals surface area contributed by atoms with Crippen LogP contribution in [-0.2, 0) is 16.2 Å². The van der Waals surface area contributed by atoms with E-state index >= 15 is 0 Å². The number of piperidine rings is 1. The predicted octanol–water partition coefficient (Wildman–Crippen LogP) is 6.46. The maximum Gasteiger partial charge on any atom is 0.242 e. The van der Waals surface area contributed by atoms with E-state index in [2.05, 4.69) is 26.1 Å².